The van der Waals surface area contributed by atoms with E-state index in [0.717, 1.165) is 41.4 Å². The number of hydrogen-bond acceptors (Lipinski definition) is 4. The van der Waals surface area contributed by atoms with Crippen LogP contribution in [0.4, 0.5) is 17.1 Å². The average molecular weight is 362 g/mol. The van der Waals surface area contributed by atoms with Gasteiger partial charge in [-0.25, -0.2) is 0 Å². The third-order valence-electron chi connectivity index (χ3n) is 5.40. The Bertz CT molecular complexity index is 870. The van der Waals surface area contributed by atoms with Gasteiger partial charge in [0.1, 0.15) is 0 Å². The first-order valence-corrected chi connectivity index (χ1v) is 9.57. The molecule has 2 aliphatic rings. The summed E-state index contributed by atoms with van der Waals surface area (Å²) >= 11 is 0. The van der Waals surface area contributed by atoms with Crippen molar-refractivity contribution in [2.75, 3.05) is 43.4 Å². The van der Waals surface area contributed by atoms with Crippen LogP contribution in [-0.2, 0) is 0 Å². The lowest BCUT2D eigenvalue weighted by molar-refractivity contribution is 0.0994. The summed E-state index contributed by atoms with van der Waals surface area (Å²) < 4.78 is 0. The van der Waals surface area contributed by atoms with Crippen molar-refractivity contribution >= 4 is 28.7 Å². The Labute approximate surface area is 160 Å². The number of likely N-dealkylation sites (tertiary alicyclic amines) is 1. The molecule has 27 heavy (non-hydrogen) atoms. The molecule has 140 valence electrons. The second kappa shape index (κ2) is 7.45. The largest absolute Gasteiger partial charge is 0.384 e. The summed E-state index contributed by atoms with van der Waals surface area (Å²) in [6.07, 6.45) is 2.61. The van der Waals surface area contributed by atoms with Gasteiger partial charge in [0, 0.05) is 25.8 Å². The molecule has 2 aliphatic heterocycles. The van der Waals surface area contributed by atoms with Gasteiger partial charge in [0.2, 0.25) is 0 Å². The highest BCUT2D eigenvalue weighted by molar-refractivity contribution is 6.13. The first-order chi connectivity index (χ1) is 13.1. The van der Waals surface area contributed by atoms with E-state index in [1.165, 1.54) is 25.9 Å². The van der Waals surface area contributed by atoms with Crippen LogP contribution in [0.1, 0.15) is 28.8 Å². The van der Waals surface area contributed by atoms with Crippen molar-refractivity contribution in [1.82, 2.24) is 10.2 Å². The number of carbonyl (C=O) groups excluding carboxylic acids is 1. The molecule has 0 saturated carbocycles. The SMILES string of the molecule is C=C(NCCN1CCCC1)c1ccc2c(c1)N(C)C(=O)c1ccccc1N2. The van der Waals surface area contributed by atoms with Gasteiger partial charge >= 0.3 is 0 Å². The molecule has 0 unspecified atom stereocenters. The van der Waals surface area contributed by atoms with Gasteiger partial charge in [0.05, 0.1) is 22.6 Å². The van der Waals surface area contributed by atoms with E-state index in [2.05, 4.69) is 22.1 Å². The molecule has 2 N–H and O–H groups in total. The van der Waals surface area contributed by atoms with Gasteiger partial charge in [-0.1, -0.05) is 24.8 Å². The Hall–Kier alpha value is -2.79. The van der Waals surface area contributed by atoms with E-state index >= 15 is 0 Å². The molecule has 0 bridgehead atoms. The normalized spacial score (nSPS) is 16.3. The van der Waals surface area contributed by atoms with Crippen molar-refractivity contribution in [2.24, 2.45) is 0 Å². The van der Waals surface area contributed by atoms with Crippen molar-refractivity contribution < 1.29 is 4.79 Å². The van der Waals surface area contributed by atoms with Gasteiger partial charge in [0.15, 0.2) is 0 Å². The van der Waals surface area contributed by atoms with Crippen molar-refractivity contribution in [2.45, 2.75) is 12.8 Å². The fraction of sp³-hybridized carbons (Fsp3) is 0.318. The summed E-state index contributed by atoms with van der Waals surface area (Å²) in [4.78, 5) is 17.0. The highest BCUT2D eigenvalue weighted by Crippen LogP contribution is 2.36. The fourth-order valence-electron chi connectivity index (χ4n) is 3.79. The highest BCUT2D eigenvalue weighted by atomic mass is 16.2. The van der Waals surface area contributed by atoms with E-state index in [1.54, 1.807) is 4.90 Å². The number of carbonyl (C=O) groups is 1. The van der Waals surface area contributed by atoms with Crippen LogP contribution in [0.2, 0.25) is 0 Å². The second-order valence-corrected chi connectivity index (χ2v) is 7.22. The van der Waals surface area contributed by atoms with Crippen molar-refractivity contribution in [1.29, 1.82) is 0 Å². The molecule has 4 rings (SSSR count). The second-order valence-electron chi connectivity index (χ2n) is 7.22. The maximum atomic E-state index is 12.8. The van der Waals surface area contributed by atoms with E-state index in [1.807, 2.05) is 49.5 Å². The molecule has 0 aliphatic carbocycles. The summed E-state index contributed by atoms with van der Waals surface area (Å²) in [6, 6.07) is 13.7. The number of para-hydroxylation sites is 1. The van der Waals surface area contributed by atoms with E-state index in [-0.39, 0.29) is 5.91 Å². The summed E-state index contributed by atoms with van der Waals surface area (Å²) in [7, 11) is 1.82. The Kier molecular flexibility index (Phi) is 4.86. The molecule has 1 fully saturated rings. The van der Waals surface area contributed by atoms with Crippen molar-refractivity contribution in [3.63, 3.8) is 0 Å². The fourth-order valence-corrected chi connectivity index (χ4v) is 3.79. The standard InChI is InChI=1S/C22H26N4O/c1-16(23-11-14-26-12-5-6-13-26)17-9-10-20-21(15-17)25(2)22(27)18-7-3-4-8-19(18)24-20/h3-4,7-10,15,23-24H,1,5-6,11-14H2,2H3. The monoisotopic (exact) mass is 362 g/mol. The van der Waals surface area contributed by atoms with E-state index < -0.39 is 0 Å². The van der Waals surface area contributed by atoms with E-state index in [0.29, 0.717) is 5.56 Å². The van der Waals surface area contributed by atoms with Crippen LogP contribution < -0.4 is 15.5 Å². The van der Waals surface area contributed by atoms with E-state index in [9.17, 15) is 4.79 Å². The lowest BCUT2D eigenvalue weighted by Crippen LogP contribution is -2.29. The Morgan fingerprint density at radius 2 is 1.93 bits per heavy atom. The van der Waals surface area contributed by atoms with Gasteiger partial charge in [-0.2, -0.15) is 0 Å². The number of benzene rings is 2. The quantitative estimate of drug-likeness (QED) is 0.852. The summed E-state index contributed by atoms with van der Waals surface area (Å²) in [5.41, 5.74) is 5.19. The summed E-state index contributed by atoms with van der Waals surface area (Å²) in [6.45, 7) is 8.52. The predicted molar refractivity (Wildman–Crippen MR) is 112 cm³/mol. The first-order valence-electron chi connectivity index (χ1n) is 9.57. The third-order valence-corrected chi connectivity index (χ3v) is 5.40. The molecule has 1 amide bonds. The van der Waals surface area contributed by atoms with Crippen molar-refractivity contribution in [3.8, 4) is 0 Å². The molecule has 2 aromatic carbocycles. The number of nitrogens with one attached hydrogen (secondary N) is 2. The van der Waals surface area contributed by atoms with Gasteiger partial charge in [-0.15, -0.1) is 0 Å². The molecule has 2 aromatic rings. The zero-order valence-electron chi connectivity index (χ0n) is 15.8. The molecule has 5 heteroatoms. The molecular weight excluding hydrogens is 336 g/mol. The highest BCUT2D eigenvalue weighted by Gasteiger charge is 2.24. The topological polar surface area (TPSA) is 47.6 Å². The van der Waals surface area contributed by atoms with Crippen LogP contribution in [0.25, 0.3) is 5.70 Å². The van der Waals surface area contributed by atoms with Gasteiger partial charge in [0.25, 0.3) is 5.91 Å². The predicted octanol–water partition coefficient (Wildman–Crippen LogP) is 3.68. The average Bonchev–Trinajstić information content (AvgIpc) is 3.17. The maximum absolute atomic E-state index is 12.8. The summed E-state index contributed by atoms with van der Waals surface area (Å²) in [5, 5.41) is 6.82. The Balaban J connectivity index is 1.51. The molecular formula is C22H26N4O. The molecule has 0 spiro atoms. The Morgan fingerprint density at radius 1 is 1.15 bits per heavy atom. The van der Waals surface area contributed by atoms with Gasteiger partial charge in [-0.3, -0.25) is 4.79 Å². The lowest BCUT2D eigenvalue weighted by Gasteiger charge is -2.20. The minimum atomic E-state index is -0.0124. The molecule has 2 heterocycles. The molecule has 0 radical (unpaired) electrons. The number of anilines is 3. The van der Waals surface area contributed by atoms with Crippen LogP contribution in [0.15, 0.2) is 49.0 Å². The third kappa shape index (κ3) is 3.55. The molecule has 5 nitrogen and oxygen atoms in total. The van der Waals surface area contributed by atoms with Crippen LogP contribution in [0, 0.1) is 0 Å². The number of fused-ring (bicyclic) bond motifs is 2. The first kappa shape index (κ1) is 17.6. The number of rotatable bonds is 5. The minimum absolute atomic E-state index is 0.0124. The number of nitrogens with zero attached hydrogens (tertiary/aromatic N) is 2. The summed E-state index contributed by atoms with van der Waals surface area (Å²) in [5.74, 6) is -0.0124. The molecule has 0 aromatic heterocycles. The van der Waals surface area contributed by atoms with Crippen molar-refractivity contribution in [3.05, 3.63) is 60.2 Å². The van der Waals surface area contributed by atoms with Crippen LogP contribution in [0.5, 0.6) is 0 Å². The van der Waals surface area contributed by atoms with Gasteiger partial charge in [-0.05, 0) is 55.8 Å². The zero-order chi connectivity index (χ0) is 18.8. The molecule has 0 atom stereocenters. The Morgan fingerprint density at radius 3 is 2.74 bits per heavy atom. The van der Waals surface area contributed by atoms with Gasteiger partial charge < -0.3 is 20.4 Å². The van der Waals surface area contributed by atoms with Crippen LogP contribution in [0.3, 0.4) is 0 Å². The van der Waals surface area contributed by atoms with Crippen LogP contribution in [-0.4, -0.2) is 44.0 Å². The lowest BCUT2D eigenvalue weighted by atomic mass is 10.1. The number of amides is 1. The minimum Gasteiger partial charge on any atom is -0.384 e. The smallest absolute Gasteiger partial charge is 0.260 e. The zero-order valence-corrected chi connectivity index (χ0v) is 15.8. The van der Waals surface area contributed by atoms with Crippen LogP contribution >= 0.6 is 0 Å². The molecule has 1 saturated heterocycles. The van der Waals surface area contributed by atoms with E-state index in [4.69, 9.17) is 0 Å². The number of hydrogen-bond donors (Lipinski definition) is 2. The maximum Gasteiger partial charge on any atom is 0.260 e.